The summed E-state index contributed by atoms with van der Waals surface area (Å²) in [5.74, 6) is 1.38. The first-order valence-electron chi connectivity index (χ1n) is 6.17. The van der Waals surface area contributed by atoms with E-state index < -0.39 is 0 Å². The molecule has 1 aromatic carbocycles. The predicted molar refractivity (Wildman–Crippen MR) is 70.1 cm³/mol. The van der Waals surface area contributed by atoms with Gasteiger partial charge in [-0.15, -0.1) is 0 Å². The van der Waals surface area contributed by atoms with E-state index in [2.05, 4.69) is 5.32 Å². The quantitative estimate of drug-likeness (QED) is 0.890. The van der Waals surface area contributed by atoms with Crippen LogP contribution in [0.4, 0.5) is 4.39 Å². The zero-order valence-electron chi connectivity index (χ0n) is 11.0. The van der Waals surface area contributed by atoms with E-state index in [0.29, 0.717) is 5.56 Å². The first kappa shape index (κ1) is 12.8. The van der Waals surface area contributed by atoms with Gasteiger partial charge in [0.25, 0.3) is 0 Å². The first-order valence-corrected chi connectivity index (χ1v) is 6.17. The zero-order valence-corrected chi connectivity index (χ0v) is 11.0. The van der Waals surface area contributed by atoms with Crippen molar-refractivity contribution in [2.24, 2.45) is 0 Å². The summed E-state index contributed by atoms with van der Waals surface area (Å²) in [6.45, 7) is 6.51. The molecule has 0 saturated heterocycles. The lowest BCUT2D eigenvalue weighted by molar-refractivity contribution is 0.426. The van der Waals surface area contributed by atoms with Gasteiger partial charge in [-0.1, -0.05) is 19.1 Å². The molecule has 0 aliphatic carbocycles. The van der Waals surface area contributed by atoms with Crippen molar-refractivity contribution in [2.45, 2.75) is 26.8 Å². The lowest BCUT2D eigenvalue weighted by Crippen LogP contribution is -2.22. The molecular formula is C15H18FNO. The van der Waals surface area contributed by atoms with Crippen molar-refractivity contribution >= 4 is 0 Å². The van der Waals surface area contributed by atoms with Gasteiger partial charge >= 0.3 is 0 Å². The first-order chi connectivity index (χ1) is 8.61. The molecule has 0 radical (unpaired) electrons. The molecule has 96 valence electrons. The van der Waals surface area contributed by atoms with Gasteiger partial charge in [-0.25, -0.2) is 4.39 Å². The van der Waals surface area contributed by atoms with Crippen LogP contribution in [0, 0.1) is 19.7 Å². The minimum Gasteiger partial charge on any atom is -0.464 e. The summed E-state index contributed by atoms with van der Waals surface area (Å²) >= 11 is 0. The Kier molecular flexibility index (Phi) is 3.82. The molecule has 0 fully saturated rings. The third-order valence-corrected chi connectivity index (χ3v) is 2.92. The van der Waals surface area contributed by atoms with Gasteiger partial charge in [0, 0.05) is 5.56 Å². The van der Waals surface area contributed by atoms with Crippen molar-refractivity contribution in [2.75, 3.05) is 6.54 Å². The SMILES string of the molecule is CCNC(c1ccc(C)o1)c1ccc(C)cc1F. The van der Waals surface area contributed by atoms with E-state index in [1.165, 1.54) is 0 Å². The van der Waals surface area contributed by atoms with Gasteiger partial charge in [0.15, 0.2) is 0 Å². The van der Waals surface area contributed by atoms with E-state index >= 15 is 0 Å². The van der Waals surface area contributed by atoms with Crippen molar-refractivity contribution in [1.29, 1.82) is 0 Å². The Morgan fingerprint density at radius 3 is 2.56 bits per heavy atom. The highest BCUT2D eigenvalue weighted by Gasteiger charge is 2.19. The van der Waals surface area contributed by atoms with E-state index in [0.717, 1.165) is 23.6 Å². The number of halogens is 1. The molecule has 1 aromatic heterocycles. The summed E-state index contributed by atoms with van der Waals surface area (Å²) in [5.41, 5.74) is 1.54. The van der Waals surface area contributed by atoms with Gasteiger partial charge < -0.3 is 9.73 Å². The van der Waals surface area contributed by atoms with Crippen LogP contribution in [0.2, 0.25) is 0 Å². The van der Waals surface area contributed by atoms with E-state index in [9.17, 15) is 4.39 Å². The molecule has 1 N–H and O–H groups in total. The third-order valence-electron chi connectivity index (χ3n) is 2.92. The molecule has 3 heteroatoms. The standard InChI is InChI=1S/C15H18FNO/c1-4-17-15(14-8-6-11(3)18-14)12-7-5-10(2)9-13(12)16/h5-9,15,17H,4H2,1-3H3. The number of rotatable bonds is 4. The Balaban J connectivity index is 2.41. The van der Waals surface area contributed by atoms with Crippen LogP contribution in [0.1, 0.15) is 35.6 Å². The molecule has 0 saturated carbocycles. The van der Waals surface area contributed by atoms with Gasteiger partial charge in [-0.3, -0.25) is 0 Å². The monoisotopic (exact) mass is 247 g/mol. The van der Waals surface area contributed by atoms with Crippen molar-refractivity contribution < 1.29 is 8.81 Å². The molecule has 1 heterocycles. The Morgan fingerprint density at radius 2 is 2.00 bits per heavy atom. The molecule has 0 bridgehead atoms. The normalized spacial score (nSPS) is 12.7. The molecule has 18 heavy (non-hydrogen) atoms. The van der Waals surface area contributed by atoms with Crippen molar-refractivity contribution in [3.63, 3.8) is 0 Å². The molecule has 2 rings (SSSR count). The average Bonchev–Trinajstić information content (AvgIpc) is 2.73. The van der Waals surface area contributed by atoms with E-state index in [1.54, 1.807) is 6.07 Å². The van der Waals surface area contributed by atoms with Gasteiger partial charge in [0.05, 0.1) is 6.04 Å². The molecule has 0 spiro atoms. The van der Waals surface area contributed by atoms with Gasteiger partial charge in [-0.05, 0) is 44.2 Å². The molecule has 2 aromatic rings. The summed E-state index contributed by atoms with van der Waals surface area (Å²) in [7, 11) is 0. The fraction of sp³-hybridized carbons (Fsp3) is 0.333. The molecule has 1 unspecified atom stereocenters. The summed E-state index contributed by atoms with van der Waals surface area (Å²) < 4.78 is 19.6. The molecule has 0 aliphatic rings. The number of nitrogens with one attached hydrogen (secondary N) is 1. The highest BCUT2D eigenvalue weighted by atomic mass is 19.1. The Morgan fingerprint density at radius 1 is 1.22 bits per heavy atom. The molecule has 2 nitrogen and oxygen atoms in total. The van der Waals surface area contributed by atoms with Gasteiger partial charge in [0.2, 0.25) is 0 Å². The van der Waals surface area contributed by atoms with Crippen LogP contribution >= 0.6 is 0 Å². The number of furan rings is 1. The van der Waals surface area contributed by atoms with Crippen LogP contribution in [0.5, 0.6) is 0 Å². The van der Waals surface area contributed by atoms with Crippen LogP contribution in [0.3, 0.4) is 0 Å². The smallest absolute Gasteiger partial charge is 0.128 e. The highest BCUT2D eigenvalue weighted by molar-refractivity contribution is 5.31. The van der Waals surface area contributed by atoms with Crippen LogP contribution in [0.25, 0.3) is 0 Å². The summed E-state index contributed by atoms with van der Waals surface area (Å²) in [6, 6.07) is 8.83. The summed E-state index contributed by atoms with van der Waals surface area (Å²) in [5, 5.41) is 3.26. The van der Waals surface area contributed by atoms with Gasteiger partial charge in [-0.2, -0.15) is 0 Å². The third kappa shape index (κ3) is 2.62. The Labute approximate surface area is 107 Å². The molecule has 0 amide bonds. The maximum atomic E-state index is 14.0. The minimum absolute atomic E-state index is 0.199. The fourth-order valence-electron chi connectivity index (χ4n) is 2.04. The Bertz CT molecular complexity index is 533. The number of benzene rings is 1. The van der Waals surface area contributed by atoms with E-state index in [1.807, 2.05) is 45.0 Å². The lowest BCUT2D eigenvalue weighted by Gasteiger charge is -2.17. The van der Waals surface area contributed by atoms with Crippen LogP contribution in [-0.2, 0) is 0 Å². The number of aryl methyl sites for hydroxylation is 2. The largest absolute Gasteiger partial charge is 0.464 e. The second-order valence-electron chi connectivity index (χ2n) is 4.46. The van der Waals surface area contributed by atoms with E-state index in [-0.39, 0.29) is 11.9 Å². The maximum absolute atomic E-state index is 14.0. The molecular weight excluding hydrogens is 229 g/mol. The van der Waals surface area contributed by atoms with Gasteiger partial charge in [0.1, 0.15) is 17.3 Å². The van der Waals surface area contributed by atoms with Crippen molar-refractivity contribution in [1.82, 2.24) is 5.32 Å². The second-order valence-corrected chi connectivity index (χ2v) is 4.46. The number of hydrogen-bond acceptors (Lipinski definition) is 2. The predicted octanol–water partition coefficient (Wildman–Crippen LogP) is 3.73. The maximum Gasteiger partial charge on any atom is 0.128 e. The fourth-order valence-corrected chi connectivity index (χ4v) is 2.04. The van der Waals surface area contributed by atoms with Crippen molar-refractivity contribution in [3.05, 3.63) is 58.8 Å². The molecule has 1 atom stereocenters. The van der Waals surface area contributed by atoms with E-state index in [4.69, 9.17) is 4.42 Å². The van der Waals surface area contributed by atoms with Crippen molar-refractivity contribution in [3.8, 4) is 0 Å². The second kappa shape index (κ2) is 5.36. The number of hydrogen-bond donors (Lipinski definition) is 1. The summed E-state index contributed by atoms with van der Waals surface area (Å²) in [6.07, 6.45) is 0. The minimum atomic E-state index is -0.232. The van der Waals surface area contributed by atoms with Crippen LogP contribution in [-0.4, -0.2) is 6.54 Å². The average molecular weight is 247 g/mol. The lowest BCUT2D eigenvalue weighted by atomic mass is 10.0. The van der Waals surface area contributed by atoms with Crippen LogP contribution < -0.4 is 5.32 Å². The topological polar surface area (TPSA) is 25.2 Å². The highest BCUT2D eigenvalue weighted by Crippen LogP contribution is 2.26. The molecule has 0 aliphatic heterocycles. The Hall–Kier alpha value is -1.61. The van der Waals surface area contributed by atoms with Crippen LogP contribution in [0.15, 0.2) is 34.7 Å². The summed E-state index contributed by atoms with van der Waals surface area (Å²) in [4.78, 5) is 0. The zero-order chi connectivity index (χ0) is 13.1.